The number of rotatable bonds is 4. The molecule has 0 aliphatic heterocycles. The molecule has 16 heavy (non-hydrogen) atoms. The Labute approximate surface area is 97.5 Å². The standard InChI is InChI=1S/C14H21NO/c1-14(2)8-12(14)13(16)11(9-15)10-6-4-3-5-7-10/h3-7,11-13,16H,8-9,15H2,1-2H3. The molecule has 2 heteroatoms. The largest absolute Gasteiger partial charge is 0.392 e. The van der Waals surface area contributed by atoms with Crippen molar-refractivity contribution in [3.8, 4) is 0 Å². The first kappa shape index (κ1) is 11.6. The Hall–Kier alpha value is -0.860. The molecule has 0 radical (unpaired) electrons. The molecule has 1 aromatic carbocycles. The minimum absolute atomic E-state index is 0.0768. The molecule has 1 aliphatic carbocycles. The summed E-state index contributed by atoms with van der Waals surface area (Å²) in [6, 6.07) is 10.1. The van der Waals surface area contributed by atoms with Crippen LogP contribution in [0.5, 0.6) is 0 Å². The first-order valence-electron chi connectivity index (χ1n) is 5.99. The van der Waals surface area contributed by atoms with E-state index in [0.717, 1.165) is 12.0 Å². The van der Waals surface area contributed by atoms with Gasteiger partial charge in [-0.05, 0) is 23.3 Å². The van der Waals surface area contributed by atoms with Gasteiger partial charge >= 0.3 is 0 Å². The maximum Gasteiger partial charge on any atom is 0.0654 e. The van der Waals surface area contributed by atoms with E-state index in [1.165, 1.54) is 0 Å². The van der Waals surface area contributed by atoms with Gasteiger partial charge in [0.05, 0.1) is 6.10 Å². The van der Waals surface area contributed by atoms with Crippen LogP contribution in [0.4, 0.5) is 0 Å². The third-order valence-corrected chi connectivity index (χ3v) is 3.90. The van der Waals surface area contributed by atoms with Crippen molar-refractivity contribution in [1.29, 1.82) is 0 Å². The molecule has 0 saturated heterocycles. The second-order valence-corrected chi connectivity index (χ2v) is 5.54. The van der Waals surface area contributed by atoms with Crippen LogP contribution >= 0.6 is 0 Å². The van der Waals surface area contributed by atoms with Crippen LogP contribution in [0, 0.1) is 11.3 Å². The van der Waals surface area contributed by atoms with E-state index >= 15 is 0 Å². The highest BCUT2D eigenvalue weighted by Gasteiger charge is 2.51. The summed E-state index contributed by atoms with van der Waals surface area (Å²) in [7, 11) is 0. The van der Waals surface area contributed by atoms with Gasteiger partial charge < -0.3 is 10.8 Å². The Morgan fingerprint density at radius 1 is 1.38 bits per heavy atom. The van der Waals surface area contributed by atoms with Crippen LogP contribution in [-0.4, -0.2) is 17.8 Å². The lowest BCUT2D eigenvalue weighted by atomic mass is 9.88. The maximum atomic E-state index is 10.4. The minimum Gasteiger partial charge on any atom is -0.392 e. The van der Waals surface area contributed by atoms with Crippen LogP contribution < -0.4 is 5.73 Å². The molecule has 1 fully saturated rings. The Bertz CT molecular complexity index is 347. The fraction of sp³-hybridized carbons (Fsp3) is 0.571. The van der Waals surface area contributed by atoms with E-state index in [-0.39, 0.29) is 12.0 Å². The Morgan fingerprint density at radius 2 is 1.94 bits per heavy atom. The lowest BCUT2D eigenvalue weighted by molar-refractivity contribution is 0.109. The number of hydrogen-bond acceptors (Lipinski definition) is 2. The normalized spacial score (nSPS) is 26.1. The molecule has 3 N–H and O–H groups in total. The van der Waals surface area contributed by atoms with Gasteiger partial charge in [0.25, 0.3) is 0 Å². The maximum absolute atomic E-state index is 10.4. The zero-order valence-corrected chi connectivity index (χ0v) is 10.1. The van der Waals surface area contributed by atoms with Gasteiger partial charge in [0.2, 0.25) is 0 Å². The monoisotopic (exact) mass is 219 g/mol. The average Bonchev–Trinajstić information content (AvgIpc) is 2.90. The van der Waals surface area contributed by atoms with Crippen molar-refractivity contribution in [3.05, 3.63) is 35.9 Å². The van der Waals surface area contributed by atoms with Crippen LogP contribution in [0.1, 0.15) is 31.7 Å². The summed E-state index contributed by atoms with van der Waals surface area (Å²) >= 11 is 0. The summed E-state index contributed by atoms with van der Waals surface area (Å²) in [4.78, 5) is 0. The lowest BCUT2D eigenvalue weighted by Crippen LogP contribution is -2.28. The van der Waals surface area contributed by atoms with Crippen LogP contribution in [-0.2, 0) is 0 Å². The Morgan fingerprint density at radius 3 is 2.38 bits per heavy atom. The highest BCUT2D eigenvalue weighted by molar-refractivity contribution is 5.22. The second kappa shape index (κ2) is 4.19. The summed E-state index contributed by atoms with van der Waals surface area (Å²) in [6.07, 6.45) is 0.805. The number of aliphatic hydroxyl groups is 1. The van der Waals surface area contributed by atoms with Gasteiger partial charge in [-0.25, -0.2) is 0 Å². The van der Waals surface area contributed by atoms with Gasteiger partial charge in [0, 0.05) is 12.5 Å². The lowest BCUT2D eigenvalue weighted by Gasteiger charge is -2.23. The predicted octanol–water partition coefficient (Wildman–Crippen LogP) is 2.14. The van der Waals surface area contributed by atoms with Gasteiger partial charge in [0.1, 0.15) is 0 Å². The fourth-order valence-corrected chi connectivity index (χ4v) is 2.54. The molecule has 1 aromatic rings. The smallest absolute Gasteiger partial charge is 0.0654 e. The molecule has 3 atom stereocenters. The number of aliphatic hydroxyl groups excluding tert-OH is 1. The van der Waals surface area contributed by atoms with E-state index in [9.17, 15) is 5.11 Å². The third kappa shape index (κ3) is 2.13. The van der Waals surface area contributed by atoms with E-state index in [1.807, 2.05) is 18.2 Å². The quantitative estimate of drug-likeness (QED) is 0.815. The highest BCUT2D eigenvalue weighted by Crippen LogP contribution is 2.55. The van der Waals surface area contributed by atoms with Gasteiger partial charge in [-0.1, -0.05) is 44.2 Å². The van der Waals surface area contributed by atoms with Crippen molar-refractivity contribution in [2.45, 2.75) is 32.3 Å². The molecule has 2 rings (SSSR count). The predicted molar refractivity (Wildman–Crippen MR) is 66.1 cm³/mol. The molecular formula is C14H21NO. The molecule has 0 spiro atoms. The van der Waals surface area contributed by atoms with Crippen LogP contribution in [0.3, 0.4) is 0 Å². The molecule has 2 nitrogen and oxygen atoms in total. The fourth-order valence-electron chi connectivity index (χ4n) is 2.54. The molecule has 0 heterocycles. The number of hydrogen-bond donors (Lipinski definition) is 2. The van der Waals surface area contributed by atoms with E-state index in [1.54, 1.807) is 0 Å². The molecule has 0 aromatic heterocycles. The van der Waals surface area contributed by atoms with Crippen LogP contribution in [0.25, 0.3) is 0 Å². The zero-order valence-electron chi connectivity index (χ0n) is 10.1. The summed E-state index contributed by atoms with van der Waals surface area (Å²) in [6.45, 7) is 4.93. The molecule has 0 amide bonds. The minimum atomic E-state index is -0.303. The second-order valence-electron chi connectivity index (χ2n) is 5.54. The molecule has 0 bridgehead atoms. The molecule has 3 unspecified atom stereocenters. The summed E-state index contributed by atoms with van der Waals surface area (Å²) in [5.41, 5.74) is 7.25. The van der Waals surface area contributed by atoms with Crippen molar-refractivity contribution in [3.63, 3.8) is 0 Å². The van der Waals surface area contributed by atoms with Crippen molar-refractivity contribution < 1.29 is 5.11 Å². The van der Waals surface area contributed by atoms with Gasteiger partial charge in [-0.2, -0.15) is 0 Å². The van der Waals surface area contributed by atoms with E-state index < -0.39 is 0 Å². The molecule has 1 aliphatic rings. The first-order chi connectivity index (χ1) is 7.56. The SMILES string of the molecule is CC1(C)CC1C(O)C(CN)c1ccccc1. The highest BCUT2D eigenvalue weighted by atomic mass is 16.3. The van der Waals surface area contributed by atoms with Crippen molar-refractivity contribution in [1.82, 2.24) is 0 Å². The number of benzene rings is 1. The summed E-state index contributed by atoms with van der Waals surface area (Å²) in [5.74, 6) is 0.481. The molecule has 1 saturated carbocycles. The van der Waals surface area contributed by atoms with Crippen molar-refractivity contribution in [2.24, 2.45) is 17.1 Å². The molecule has 88 valence electrons. The van der Waals surface area contributed by atoms with E-state index in [0.29, 0.717) is 17.9 Å². The van der Waals surface area contributed by atoms with Crippen molar-refractivity contribution >= 4 is 0 Å². The summed E-state index contributed by atoms with van der Waals surface area (Å²) in [5, 5.41) is 10.4. The number of nitrogens with two attached hydrogens (primary N) is 1. The summed E-state index contributed by atoms with van der Waals surface area (Å²) < 4.78 is 0. The zero-order chi connectivity index (χ0) is 11.8. The van der Waals surface area contributed by atoms with Gasteiger partial charge in [-0.3, -0.25) is 0 Å². The Kier molecular flexibility index (Phi) is 3.04. The van der Waals surface area contributed by atoms with E-state index in [4.69, 9.17) is 5.73 Å². The van der Waals surface area contributed by atoms with Crippen LogP contribution in [0.15, 0.2) is 30.3 Å². The van der Waals surface area contributed by atoms with E-state index in [2.05, 4.69) is 26.0 Å². The average molecular weight is 219 g/mol. The topological polar surface area (TPSA) is 46.2 Å². The van der Waals surface area contributed by atoms with Gasteiger partial charge in [0.15, 0.2) is 0 Å². The van der Waals surface area contributed by atoms with Gasteiger partial charge in [-0.15, -0.1) is 0 Å². The van der Waals surface area contributed by atoms with Crippen molar-refractivity contribution in [2.75, 3.05) is 6.54 Å². The molecular weight excluding hydrogens is 198 g/mol. The Balaban J connectivity index is 2.12. The van der Waals surface area contributed by atoms with Crippen LogP contribution in [0.2, 0.25) is 0 Å². The third-order valence-electron chi connectivity index (χ3n) is 3.90. The first-order valence-corrected chi connectivity index (χ1v) is 5.99.